The van der Waals surface area contributed by atoms with Crippen molar-refractivity contribution in [1.82, 2.24) is 4.90 Å². The van der Waals surface area contributed by atoms with Crippen LogP contribution < -0.4 is 10.4 Å². The Morgan fingerprint density at radius 1 is 0.868 bits per heavy atom. The third kappa shape index (κ3) is 6.75. The summed E-state index contributed by atoms with van der Waals surface area (Å²) in [5.41, 5.74) is 7.31. The Balaban J connectivity index is 1.28. The summed E-state index contributed by atoms with van der Waals surface area (Å²) in [5.74, 6) is -0.835. The Bertz CT molecular complexity index is 1990. The molecule has 0 aromatic heterocycles. The highest BCUT2D eigenvalue weighted by Crippen LogP contribution is 2.50. The van der Waals surface area contributed by atoms with Crippen LogP contribution in [0.2, 0.25) is 5.04 Å². The standard InChI is InChI=1S/C46H51NO5Si/c1-30-24-32(25-31(2)43(30)48)26-34(33-16-10-7-11-17-33)22-23-40-41-35(27-38-42(39(41)29-51-40)45(50)47(6)44(38)49)28-52-53(46(3,4)5,36-18-12-8-13-19-36)37-20-14-9-15-21-37/h7-21,24-26,38-40,42,48H,22-23,27-29H2,1-6H3/b34-26-/t38-,39+,40-,42-/m1/s1. The Labute approximate surface area is 315 Å². The molecule has 7 heteroatoms. The lowest BCUT2D eigenvalue weighted by Crippen LogP contribution is -2.66. The Hall–Kier alpha value is -4.56. The van der Waals surface area contributed by atoms with Crippen LogP contribution in [0, 0.1) is 31.6 Å². The number of hydrogen-bond acceptors (Lipinski definition) is 5. The van der Waals surface area contributed by atoms with E-state index in [1.807, 2.05) is 32.0 Å². The molecule has 3 aliphatic rings. The van der Waals surface area contributed by atoms with Crippen LogP contribution in [0.5, 0.6) is 5.75 Å². The number of hydrogen-bond donors (Lipinski definition) is 1. The van der Waals surface area contributed by atoms with Gasteiger partial charge in [-0.25, -0.2) is 0 Å². The van der Waals surface area contributed by atoms with Crippen molar-refractivity contribution in [3.05, 3.63) is 137 Å². The largest absolute Gasteiger partial charge is 0.507 e. The molecular weight excluding hydrogens is 675 g/mol. The fourth-order valence-electron chi connectivity index (χ4n) is 9.23. The van der Waals surface area contributed by atoms with Crippen molar-refractivity contribution in [1.29, 1.82) is 0 Å². The Kier molecular flexibility index (Phi) is 10.2. The average molecular weight is 726 g/mol. The van der Waals surface area contributed by atoms with E-state index in [4.69, 9.17) is 9.16 Å². The van der Waals surface area contributed by atoms with Crippen molar-refractivity contribution in [3.63, 3.8) is 0 Å². The highest BCUT2D eigenvalue weighted by molar-refractivity contribution is 6.99. The van der Waals surface area contributed by atoms with E-state index >= 15 is 0 Å². The van der Waals surface area contributed by atoms with Crippen LogP contribution in [0.3, 0.4) is 0 Å². The molecule has 0 radical (unpaired) electrons. The van der Waals surface area contributed by atoms with Crippen molar-refractivity contribution in [2.24, 2.45) is 17.8 Å². The maximum atomic E-state index is 13.6. The van der Waals surface area contributed by atoms with Gasteiger partial charge in [-0.1, -0.05) is 118 Å². The zero-order valence-electron chi connectivity index (χ0n) is 31.8. The predicted octanol–water partition coefficient (Wildman–Crippen LogP) is 7.85. The van der Waals surface area contributed by atoms with Gasteiger partial charge in [-0.2, -0.15) is 0 Å². The minimum atomic E-state index is -2.88. The Morgan fingerprint density at radius 2 is 1.43 bits per heavy atom. The molecule has 274 valence electrons. The number of fused-ring (bicyclic) bond motifs is 3. The van der Waals surface area contributed by atoms with Crippen LogP contribution in [0.4, 0.5) is 0 Å². The van der Waals surface area contributed by atoms with Gasteiger partial charge in [0.05, 0.1) is 31.2 Å². The number of rotatable bonds is 10. The van der Waals surface area contributed by atoms with Gasteiger partial charge in [0.2, 0.25) is 11.8 Å². The van der Waals surface area contributed by atoms with E-state index < -0.39 is 20.2 Å². The summed E-state index contributed by atoms with van der Waals surface area (Å²) in [6.45, 7) is 11.5. The third-order valence-electron chi connectivity index (χ3n) is 11.8. The molecule has 0 bridgehead atoms. The normalized spacial score (nSPS) is 22.0. The van der Waals surface area contributed by atoms with Crippen LogP contribution >= 0.6 is 0 Å². The second-order valence-electron chi connectivity index (χ2n) is 16.1. The van der Waals surface area contributed by atoms with E-state index in [-0.39, 0.29) is 28.9 Å². The van der Waals surface area contributed by atoms with Crippen LogP contribution in [-0.2, 0) is 18.8 Å². The van der Waals surface area contributed by atoms with Gasteiger partial charge in [0.25, 0.3) is 8.32 Å². The maximum Gasteiger partial charge on any atom is 0.261 e. The molecule has 2 heterocycles. The number of imide groups is 1. The first-order chi connectivity index (χ1) is 25.4. The van der Waals surface area contributed by atoms with E-state index in [1.54, 1.807) is 7.05 Å². The van der Waals surface area contributed by atoms with Gasteiger partial charge in [-0.05, 0) is 99.6 Å². The number of amides is 2. The minimum absolute atomic E-state index is 0.0957. The summed E-state index contributed by atoms with van der Waals surface area (Å²) >= 11 is 0. The molecule has 53 heavy (non-hydrogen) atoms. The molecule has 2 aliphatic heterocycles. The van der Waals surface area contributed by atoms with Crippen molar-refractivity contribution in [3.8, 4) is 5.75 Å². The lowest BCUT2D eigenvalue weighted by molar-refractivity contribution is -0.138. The number of ether oxygens (including phenoxy) is 1. The van der Waals surface area contributed by atoms with Gasteiger partial charge in [0.15, 0.2) is 0 Å². The molecule has 1 aliphatic carbocycles. The van der Waals surface area contributed by atoms with Gasteiger partial charge in [0.1, 0.15) is 5.75 Å². The monoisotopic (exact) mass is 725 g/mol. The summed E-state index contributed by atoms with van der Waals surface area (Å²) in [6.07, 6.45) is 3.97. The molecule has 7 rings (SSSR count). The van der Waals surface area contributed by atoms with Crippen LogP contribution in [-0.4, -0.2) is 56.5 Å². The van der Waals surface area contributed by atoms with Crippen molar-refractivity contribution < 1.29 is 23.9 Å². The topological polar surface area (TPSA) is 76.1 Å². The van der Waals surface area contributed by atoms with Crippen molar-refractivity contribution >= 4 is 42.2 Å². The number of benzene rings is 4. The minimum Gasteiger partial charge on any atom is -0.507 e. The van der Waals surface area contributed by atoms with Crippen LogP contribution in [0.1, 0.15) is 62.3 Å². The summed E-state index contributed by atoms with van der Waals surface area (Å²) < 4.78 is 14.2. The molecule has 4 atom stereocenters. The molecule has 4 aromatic carbocycles. The Morgan fingerprint density at radius 3 is 2.00 bits per heavy atom. The molecule has 2 amide bonds. The molecule has 0 saturated carbocycles. The number of allylic oxidation sites excluding steroid dienone is 1. The molecule has 2 fully saturated rings. The first kappa shape index (κ1) is 36.8. The lowest BCUT2D eigenvalue weighted by atomic mass is 9.69. The number of likely N-dealkylation sites (tertiary alicyclic amines) is 1. The molecule has 0 spiro atoms. The highest BCUT2D eigenvalue weighted by Gasteiger charge is 2.57. The summed E-state index contributed by atoms with van der Waals surface area (Å²) in [6, 6.07) is 35.7. The zero-order chi connectivity index (χ0) is 37.5. The fraction of sp³-hybridized carbons (Fsp3) is 0.348. The van der Waals surface area contributed by atoms with Crippen LogP contribution in [0.15, 0.2) is 114 Å². The molecule has 0 unspecified atom stereocenters. The van der Waals surface area contributed by atoms with Gasteiger partial charge < -0.3 is 14.3 Å². The number of aromatic hydroxyl groups is 1. The maximum absolute atomic E-state index is 13.6. The fourth-order valence-corrected chi connectivity index (χ4v) is 13.8. The van der Waals surface area contributed by atoms with Gasteiger partial charge >= 0.3 is 0 Å². The van der Waals surface area contributed by atoms with E-state index in [9.17, 15) is 14.7 Å². The number of nitrogens with zero attached hydrogens (tertiary/aromatic N) is 1. The number of aryl methyl sites for hydroxylation is 2. The number of phenolic OH excluding ortho intramolecular Hbond substituents is 1. The second kappa shape index (κ2) is 14.7. The van der Waals surface area contributed by atoms with Gasteiger partial charge in [-0.3, -0.25) is 14.5 Å². The summed E-state index contributed by atoms with van der Waals surface area (Å²) in [5, 5.41) is 12.7. The highest BCUT2D eigenvalue weighted by atomic mass is 28.4. The molecule has 2 saturated heterocycles. The van der Waals surface area contributed by atoms with E-state index in [0.29, 0.717) is 25.4 Å². The van der Waals surface area contributed by atoms with Crippen molar-refractivity contribution in [2.45, 2.75) is 65.0 Å². The lowest BCUT2D eigenvalue weighted by Gasteiger charge is -2.44. The first-order valence-electron chi connectivity index (χ1n) is 18.9. The molecule has 4 aromatic rings. The average Bonchev–Trinajstić information content (AvgIpc) is 3.67. The summed E-state index contributed by atoms with van der Waals surface area (Å²) in [4.78, 5) is 28.5. The van der Waals surface area contributed by atoms with Crippen LogP contribution in [0.25, 0.3) is 11.6 Å². The van der Waals surface area contributed by atoms with Gasteiger partial charge in [-0.15, -0.1) is 0 Å². The van der Waals surface area contributed by atoms with E-state index in [0.717, 1.165) is 46.2 Å². The first-order valence-corrected chi connectivity index (χ1v) is 20.8. The van der Waals surface area contributed by atoms with Crippen molar-refractivity contribution in [2.75, 3.05) is 20.3 Å². The molecule has 6 nitrogen and oxygen atoms in total. The summed E-state index contributed by atoms with van der Waals surface area (Å²) in [7, 11) is -1.26. The smallest absolute Gasteiger partial charge is 0.261 e. The SMILES string of the molecule is Cc1cc(/C=C(/CC[C@H]2OC[C@H]3C2=C(CO[Si](c2ccccc2)(c2ccccc2)C(C)(C)C)C[C@H]2C(=O)N(C)C(=O)[C@H]23)c2ccccc2)cc(C)c1O. The zero-order valence-corrected chi connectivity index (χ0v) is 32.8. The van der Waals surface area contributed by atoms with Gasteiger partial charge in [0, 0.05) is 13.0 Å². The third-order valence-corrected chi connectivity index (χ3v) is 16.8. The van der Waals surface area contributed by atoms with E-state index in [1.165, 1.54) is 20.8 Å². The number of phenols is 1. The molecular formula is C46H51NO5Si. The molecule has 1 N–H and O–H groups in total. The number of carbonyl (C=O) groups excluding carboxylic acids is 2. The van der Waals surface area contributed by atoms with E-state index in [2.05, 4.69) is 112 Å². The second-order valence-corrected chi connectivity index (χ2v) is 20.4. The quantitative estimate of drug-likeness (QED) is 0.0781. The number of carbonyl (C=O) groups is 2. The predicted molar refractivity (Wildman–Crippen MR) is 214 cm³/mol.